The Kier molecular flexibility index (Phi) is 8.54. The lowest BCUT2D eigenvalue weighted by Gasteiger charge is -2.42. The van der Waals surface area contributed by atoms with Gasteiger partial charge in [-0.2, -0.15) is 0 Å². The fourth-order valence-electron chi connectivity index (χ4n) is 5.50. The van der Waals surface area contributed by atoms with Gasteiger partial charge in [0, 0.05) is 55.5 Å². The van der Waals surface area contributed by atoms with Crippen molar-refractivity contribution in [3.63, 3.8) is 0 Å². The monoisotopic (exact) mass is 503 g/mol. The van der Waals surface area contributed by atoms with Crippen LogP contribution in [-0.4, -0.2) is 45.9 Å². The molecule has 7 heteroatoms. The predicted molar refractivity (Wildman–Crippen MR) is 146 cm³/mol. The summed E-state index contributed by atoms with van der Waals surface area (Å²) in [6.07, 6.45) is 7.73. The zero-order valence-electron chi connectivity index (χ0n) is 22.4. The van der Waals surface area contributed by atoms with Crippen molar-refractivity contribution >= 4 is 11.6 Å². The SMILES string of the molecule is Cc1ccncc1CN(c1ccc(F)cc1)C1CCN([C@H](C)CCc2cc(C)c(C(N)=O)c(C)n2)CC1. The van der Waals surface area contributed by atoms with E-state index in [4.69, 9.17) is 5.73 Å². The number of rotatable bonds is 9. The Morgan fingerprint density at radius 1 is 1.14 bits per heavy atom. The van der Waals surface area contributed by atoms with Crippen molar-refractivity contribution < 1.29 is 9.18 Å². The number of likely N-dealkylation sites (tertiary alicyclic amines) is 1. The number of nitrogens with two attached hydrogens (primary N) is 1. The van der Waals surface area contributed by atoms with Crippen LogP contribution in [0.25, 0.3) is 0 Å². The quantitative estimate of drug-likeness (QED) is 0.438. The molecule has 1 aromatic carbocycles. The number of primary amides is 1. The van der Waals surface area contributed by atoms with Gasteiger partial charge < -0.3 is 15.5 Å². The maximum Gasteiger partial charge on any atom is 0.250 e. The minimum Gasteiger partial charge on any atom is -0.366 e. The number of carbonyl (C=O) groups is 1. The van der Waals surface area contributed by atoms with Gasteiger partial charge in [0.05, 0.1) is 11.3 Å². The number of piperidine rings is 1. The standard InChI is InChI=1S/C30H38FN5O/c1-20-11-14-33-18-24(20)19-36(27-9-6-25(31)7-10-27)28-12-15-35(16-13-28)22(3)5-8-26-17-21(2)29(30(32)37)23(4)34-26/h6-7,9-11,14,17-18,22,28H,5,8,12-13,15-16,19H2,1-4H3,(H2,32,37)/t22-/m1/s1. The molecule has 1 atom stereocenters. The third-order valence-electron chi connectivity index (χ3n) is 7.72. The number of pyridine rings is 2. The van der Waals surface area contributed by atoms with Crippen molar-refractivity contribution in [3.8, 4) is 0 Å². The average molecular weight is 504 g/mol. The third kappa shape index (κ3) is 6.52. The predicted octanol–water partition coefficient (Wildman–Crippen LogP) is 5.13. The van der Waals surface area contributed by atoms with Gasteiger partial charge in [-0.15, -0.1) is 0 Å². The highest BCUT2D eigenvalue weighted by molar-refractivity contribution is 5.95. The van der Waals surface area contributed by atoms with E-state index in [1.165, 1.54) is 11.1 Å². The summed E-state index contributed by atoms with van der Waals surface area (Å²) in [5.41, 5.74) is 12.1. The van der Waals surface area contributed by atoms with Crippen molar-refractivity contribution in [1.82, 2.24) is 14.9 Å². The second kappa shape index (κ2) is 11.8. The molecule has 37 heavy (non-hydrogen) atoms. The van der Waals surface area contributed by atoms with Crippen LogP contribution in [0.15, 0.2) is 48.8 Å². The Bertz CT molecular complexity index is 1200. The van der Waals surface area contributed by atoms with Crippen LogP contribution in [0.2, 0.25) is 0 Å². The van der Waals surface area contributed by atoms with E-state index < -0.39 is 5.91 Å². The summed E-state index contributed by atoms with van der Waals surface area (Å²) in [4.78, 5) is 25.6. The molecule has 1 fully saturated rings. The molecule has 0 aliphatic carbocycles. The smallest absolute Gasteiger partial charge is 0.250 e. The number of hydrogen-bond acceptors (Lipinski definition) is 5. The molecule has 0 saturated carbocycles. The van der Waals surface area contributed by atoms with E-state index in [1.807, 2.05) is 50.5 Å². The first kappa shape index (κ1) is 26.7. The van der Waals surface area contributed by atoms with E-state index in [1.54, 1.807) is 12.1 Å². The molecule has 1 saturated heterocycles. The molecule has 2 aromatic heterocycles. The lowest BCUT2D eigenvalue weighted by atomic mass is 9.98. The van der Waals surface area contributed by atoms with Crippen LogP contribution in [0.1, 0.15) is 64.6 Å². The highest BCUT2D eigenvalue weighted by Gasteiger charge is 2.27. The fourth-order valence-corrected chi connectivity index (χ4v) is 5.50. The van der Waals surface area contributed by atoms with Gasteiger partial charge in [-0.3, -0.25) is 14.8 Å². The Balaban J connectivity index is 1.39. The zero-order valence-corrected chi connectivity index (χ0v) is 22.4. The molecule has 6 nitrogen and oxygen atoms in total. The van der Waals surface area contributed by atoms with Crippen LogP contribution in [0.5, 0.6) is 0 Å². The largest absolute Gasteiger partial charge is 0.366 e. The van der Waals surface area contributed by atoms with E-state index in [0.29, 0.717) is 23.3 Å². The topological polar surface area (TPSA) is 75.3 Å². The fraction of sp³-hybridized carbons (Fsp3) is 0.433. The number of carbonyl (C=O) groups excluding carboxylic acids is 1. The van der Waals surface area contributed by atoms with Crippen LogP contribution in [0, 0.1) is 26.6 Å². The number of nitrogens with zero attached hydrogens (tertiary/aromatic N) is 4. The molecule has 1 aliphatic heterocycles. The number of aryl methyl sites for hydroxylation is 4. The molecule has 3 heterocycles. The molecule has 0 bridgehead atoms. The van der Waals surface area contributed by atoms with Crippen LogP contribution in [0.3, 0.4) is 0 Å². The molecule has 196 valence electrons. The molecule has 3 aromatic rings. The second-order valence-corrected chi connectivity index (χ2v) is 10.3. The summed E-state index contributed by atoms with van der Waals surface area (Å²) in [5, 5.41) is 0. The van der Waals surface area contributed by atoms with Gasteiger partial charge in [0.2, 0.25) is 0 Å². The van der Waals surface area contributed by atoms with Crippen molar-refractivity contribution in [2.45, 2.75) is 72.0 Å². The van der Waals surface area contributed by atoms with Gasteiger partial charge in [-0.1, -0.05) is 0 Å². The lowest BCUT2D eigenvalue weighted by molar-refractivity contribution is 0.0998. The van der Waals surface area contributed by atoms with Crippen LogP contribution in [0.4, 0.5) is 10.1 Å². The van der Waals surface area contributed by atoms with E-state index in [0.717, 1.165) is 62.3 Å². The Morgan fingerprint density at radius 3 is 2.46 bits per heavy atom. The molecular weight excluding hydrogens is 465 g/mol. The number of halogens is 1. The minimum absolute atomic E-state index is 0.214. The summed E-state index contributed by atoms with van der Waals surface area (Å²) in [6, 6.07) is 11.7. The Morgan fingerprint density at radius 2 is 1.84 bits per heavy atom. The van der Waals surface area contributed by atoms with Crippen molar-refractivity contribution in [1.29, 1.82) is 0 Å². The van der Waals surface area contributed by atoms with Crippen molar-refractivity contribution in [3.05, 3.63) is 88.3 Å². The molecule has 1 aliphatic rings. The summed E-state index contributed by atoms with van der Waals surface area (Å²) in [7, 11) is 0. The number of anilines is 1. The van der Waals surface area contributed by atoms with Gasteiger partial charge in [-0.25, -0.2) is 4.39 Å². The summed E-state index contributed by atoms with van der Waals surface area (Å²) in [6.45, 7) is 11.0. The van der Waals surface area contributed by atoms with Gasteiger partial charge in [0.1, 0.15) is 5.82 Å². The number of hydrogen-bond donors (Lipinski definition) is 1. The lowest BCUT2D eigenvalue weighted by Crippen LogP contribution is -2.47. The highest BCUT2D eigenvalue weighted by atomic mass is 19.1. The molecular formula is C30H38FN5O. The van der Waals surface area contributed by atoms with Crippen molar-refractivity contribution in [2.75, 3.05) is 18.0 Å². The molecule has 0 unspecified atom stereocenters. The summed E-state index contributed by atoms with van der Waals surface area (Å²) >= 11 is 0. The zero-order chi connectivity index (χ0) is 26.5. The molecule has 0 radical (unpaired) electrons. The van der Waals surface area contributed by atoms with Crippen LogP contribution in [-0.2, 0) is 13.0 Å². The van der Waals surface area contributed by atoms with Gasteiger partial charge in [-0.05, 0) is 106 Å². The summed E-state index contributed by atoms with van der Waals surface area (Å²) in [5.74, 6) is -0.632. The van der Waals surface area contributed by atoms with E-state index in [-0.39, 0.29) is 5.82 Å². The number of amides is 1. The second-order valence-electron chi connectivity index (χ2n) is 10.3. The molecule has 0 spiro atoms. The van der Waals surface area contributed by atoms with Crippen LogP contribution >= 0.6 is 0 Å². The normalized spacial score (nSPS) is 15.5. The third-order valence-corrected chi connectivity index (χ3v) is 7.72. The van der Waals surface area contributed by atoms with E-state index in [2.05, 4.69) is 33.6 Å². The summed E-state index contributed by atoms with van der Waals surface area (Å²) < 4.78 is 13.7. The first-order valence-electron chi connectivity index (χ1n) is 13.2. The molecule has 4 rings (SSSR count). The van der Waals surface area contributed by atoms with Crippen LogP contribution < -0.4 is 10.6 Å². The number of aromatic nitrogens is 2. The molecule has 1 amide bonds. The van der Waals surface area contributed by atoms with Gasteiger partial charge in [0.25, 0.3) is 5.91 Å². The maximum atomic E-state index is 13.7. The average Bonchev–Trinajstić information content (AvgIpc) is 2.87. The number of benzene rings is 1. The van der Waals surface area contributed by atoms with E-state index >= 15 is 0 Å². The molecule has 2 N–H and O–H groups in total. The highest BCUT2D eigenvalue weighted by Crippen LogP contribution is 2.28. The Hall–Kier alpha value is -3.32. The van der Waals surface area contributed by atoms with Gasteiger partial charge in [0.15, 0.2) is 0 Å². The van der Waals surface area contributed by atoms with E-state index in [9.17, 15) is 9.18 Å². The maximum absolute atomic E-state index is 13.7. The Labute approximate surface area is 219 Å². The van der Waals surface area contributed by atoms with Gasteiger partial charge >= 0.3 is 0 Å². The minimum atomic E-state index is -0.418. The first-order chi connectivity index (χ1) is 17.7. The van der Waals surface area contributed by atoms with Crippen molar-refractivity contribution in [2.24, 2.45) is 5.73 Å². The first-order valence-corrected chi connectivity index (χ1v) is 13.2.